The third-order valence-electron chi connectivity index (χ3n) is 3.49. The Morgan fingerprint density at radius 2 is 1.48 bits per heavy atom. The number of benzene rings is 2. The summed E-state index contributed by atoms with van der Waals surface area (Å²) in [5, 5.41) is 0. The summed E-state index contributed by atoms with van der Waals surface area (Å²) in [6.07, 6.45) is 0.528. The molecule has 0 fully saturated rings. The van der Waals surface area contributed by atoms with E-state index in [0.29, 0.717) is 12.2 Å². The maximum absolute atomic E-state index is 12.6. The number of sulfone groups is 1. The van der Waals surface area contributed by atoms with E-state index in [4.69, 9.17) is 0 Å². The summed E-state index contributed by atoms with van der Waals surface area (Å²) in [7, 11) is -3.59. The lowest BCUT2D eigenvalue weighted by atomic mass is 10.1. The minimum atomic E-state index is -3.59. The molecular weight excluding hydrogens is 328 g/mol. The summed E-state index contributed by atoms with van der Waals surface area (Å²) < 4.78 is 29.4. The first kappa shape index (κ1) is 15.8. The van der Waals surface area contributed by atoms with Gasteiger partial charge in [-0.2, -0.15) is 4.37 Å². The van der Waals surface area contributed by atoms with Crippen molar-refractivity contribution >= 4 is 21.4 Å². The molecule has 0 amide bonds. The van der Waals surface area contributed by atoms with Gasteiger partial charge in [-0.05, 0) is 43.1 Å². The molecule has 0 spiro atoms. The molecule has 1 heterocycles. The lowest BCUT2D eigenvalue weighted by Crippen LogP contribution is -2.02. The zero-order valence-electron chi connectivity index (χ0n) is 12.9. The average Bonchev–Trinajstić information content (AvgIpc) is 2.99. The number of hydrogen-bond acceptors (Lipinski definition) is 5. The van der Waals surface area contributed by atoms with Crippen molar-refractivity contribution in [3.05, 3.63) is 71.0 Å². The Labute approximate surface area is 139 Å². The van der Waals surface area contributed by atoms with Crippen molar-refractivity contribution in [1.82, 2.24) is 9.36 Å². The van der Waals surface area contributed by atoms with Gasteiger partial charge in [0.05, 0.1) is 4.90 Å². The normalized spacial score (nSPS) is 11.6. The molecule has 6 heteroatoms. The van der Waals surface area contributed by atoms with Crippen molar-refractivity contribution < 1.29 is 8.42 Å². The SMILES string of the molecule is Cc1ccc(Cc2nsc(S(=O)(=O)c3ccc(C)cc3)n2)cc1. The molecule has 0 aliphatic rings. The van der Waals surface area contributed by atoms with Gasteiger partial charge in [0.1, 0.15) is 5.82 Å². The van der Waals surface area contributed by atoms with Gasteiger partial charge in [0.25, 0.3) is 0 Å². The standard InChI is InChI=1S/C17H16N2O2S2/c1-12-3-7-14(8-4-12)11-16-18-17(22-19-16)23(20,21)15-9-5-13(2)6-10-15/h3-10H,11H2,1-2H3. The molecule has 0 radical (unpaired) electrons. The van der Waals surface area contributed by atoms with Gasteiger partial charge in [0, 0.05) is 6.42 Å². The maximum Gasteiger partial charge on any atom is 0.235 e. The molecule has 23 heavy (non-hydrogen) atoms. The molecule has 0 unspecified atom stereocenters. The second-order valence-corrected chi connectivity index (χ2v) is 8.33. The lowest BCUT2D eigenvalue weighted by Gasteiger charge is -2.00. The number of rotatable bonds is 4. The summed E-state index contributed by atoms with van der Waals surface area (Å²) in [6.45, 7) is 3.94. The zero-order chi connectivity index (χ0) is 16.4. The smallest absolute Gasteiger partial charge is 0.216 e. The first-order chi connectivity index (χ1) is 10.9. The van der Waals surface area contributed by atoms with Gasteiger partial charge in [0.15, 0.2) is 0 Å². The fourth-order valence-corrected chi connectivity index (χ4v) is 4.28. The van der Waals surface area contributed by atoms with Gasteiger partial charge >= 0.3 is 0 Å². The van der Waals surface area contributed by atoms with Crippen molar-refractivity contribution in [2.45, 2.75) is 29.5 Å². The first-order valence-corrected chi connectivity index (χ1v) is 9.41. The summed E-state index contributed by atoms with van der Waals surface area (Å²) >= 11 is 0.929. The Bertz CT molecular complexity index is 912. The molecule has 0 saturated heterocycles. The second kappa shape index (κ2) is 6.22. The summed E-state index contributed by atoms with van der Waals surface area (Å²) in [4.78, 5) is 4.47. The van der Waals surface area contributed by atoms with Gasteiger partial charge in [-0.15, -0.1) is 0 Å². The van der Waals surface area contributed by atoms with Crippen molar-refractivity contribution in [3.8, 4) is 0 Å². The van der Waals surface area contributed by atoms with Crippen molar-refractivity contribution in [3.63, 3.8) is 0 Å². The first-order valence-electron chi connectivity index (χ1n) is 7.15. The van der Waals surface area contributed by atoms with Crippen LogP contribution in [0.5, 0.6) is 0 Å². The predicted molar refractivity (Wildman–Crippen MR) is 90.5 cm³/mol. The maximum atomic E-state index is 12.6. The third-order valence-corrected chi connectivity index (χ3v) is 6.37. The molecule has 3 rings (SSSR count). The number of aromatic nitrogens is 2. The number of hydrogen-bond donors (Lipinski definition) is 0. The highest BCUT2D eigenvalue weighted by Gasteiger charge is 2.22. The molecule has 3 aromatic rings. The van der Waals surface area contributed by atoms with Gasteiger partial charge in [0.2, 0.25) is 14.2 Å². The molecule has 1 aromatic heterocycles. The van der Waals surface area contributed by atoms with Crippen LogP contribution < -0.4 is 0 Å². The Balaban J connectivity index is 1.86. The zero-order valence-corrected chi connectivity index (χ0v) is 14.5. The van der Waals surface area contributed by atoms with Crippen LogP contribution in [0.25, 0.3) is 0 Å². The number of nitrogens with zero attached hydrogens (tertiary/aromatic N) is 2. The highest BCUT2D eigenvalue weighted by molar-refractivity contribution is 7.93. The van der Waals surface area contributed by atoms with E-state index in [-0.39, 0.29) is 9.24 Å². The largest absolute Gasteiger partial charge is 0.235 e. The van der Waals surface area contributed by atoms with E-state index in [2.05, 4.69) is 9.36 Å². The third kappa shape index (κ3) is 3.48. The molecule has 0 atom stereocenters. The van der Waals surface area contributed by atoms with Crippen LogP contribution in [0, 0.1) is 13.8 Å². The fourth-order valence-electron chi connectivity index (χ4n) is 2.13. The van der Waals surface area contributed by atoms with E-state index in [1.165, 1.54) is 5.56 Å². The van der Waals surface area contributed by atoms with Crippen LogP contribution in [-0.2, 0) is 16.3 Å². The van der Waals surface area contributed by atoms with Crippen LogP contribution in [0.3, 0.4) is 0 Å². The molecular formula is C17H16N2O2S2. The highest BCUT2D eigenvalue weighted by atomic mass is 32.2. The summed E-state index contributed by atoms with van der Waals surface area (Å²) in [6, 6.07) is 14.8. The Morgan fingerprint density at radius 1 is 0.913 bits per heavy atom. The van der Waals surface area contributed by atoms with Gasteiger partial charge in [-0.3, -0.25) is 0 Å². The minimum absolute atomic E-state index is 0.0449. The summed E-state index contributed by atoms with van der Waals surface area (Å²) in [5.74, 6) is 0.532. The average molecular weight is 344 g/mol. The summed E-state index contributed by atoms with van der Waals surface area (Å²) in [5.41, 5.74) is 3.26. The Hall–Kier alpha value is -2.05. The van der Waals surface area contributed by atoms with E-state index < -0.39 is 9.84 Å². The van der Waals surface area contributed by atoms with Crippen molar-refractivity contribution in [2.75, 3.05) is 0 Å². The van der Waals surface area contributed by atoms with Crippen LogP contribution in [0.15, 0.2) is 57.8 Å². The molecule has 0 saturated carbocycles. The minimum Gasteiger partial charge on any atom is -0.216 e. The topological polar surface area (TPSA) is 59.9 Å². The Morgan fingerprint density at radius 3 is 2.09 bits per heavy atom. The predicted octanol–water partition coefficient (Wildman–Crippen LogP) is 3.58. The highest BCUT2D eigenvalue weighted by Crippen LogP contribution is 2.23. The van der Waals surface area contributed by atoms with Gasteiger partial charge < -0.3 is 0 Å². The van der Waals surface area contributed by atoms with Crippen LogP contribution in [0.2, 0.25) is 0 Å². The molecule has 4 nitrogen and oxygen atoms in total. The fraction of sp³-hybridized carbons (Fsp3) is 0.176. The lowest BCUT2D eigenvalue weighted by molar-refractivity contribution is 0.595. The molecule has 0 bridgehead atoms. The number of aryl methyl sites for hydroxylation is 2. The van der Waals surface area contributed by atoms with Crippen LogP contribution in [-0.4, -0.2) is 17.8 Å². The van der Waals surface area contributed by atoms with Crippen LogP contribution >= 0.6 is 11.5 Å². The van der Waals surface area contributed by atoms with E-state index >= 15 is 0 Å². The molecule has 0 aliphatic heterocycles. The van der Waals surface area contributed by atoms with E-state index in [1.54, 1.807) is 24.3 Å². The quantitative estimate of drug-likeness (QED) is 0.726. The molecule has 0 N–H and O–H groups in total. The molecule has 118 valence electrons. The van der Waals surface area contributed by atoms with Crippen molar-refractivity contribution in [2.24, 2.45) is 0 Å². The van der Waals surface area contributed by atoms with E-state index in [9.17, 15) is 8.42 Å². The van der Waals surface area contributed by atoms with Gasteiger partial charge in [-0.1, -0.05) is 47.5 Å². The second-order valence-electron chi connectivity index (χ2n) is 5.46. The Kier molecular flexibility index (Phi) is 4.28. The van der Waals surface area contributed by atoms with Crippen LogP contribution in [0.4, 0.5) is 0 Å². The molecule has 0 aliphatic carbocycles. The van der Waals surface area contributed by atoms with E-state index in [1.807, 2.05) is 38.1 Å². The van der Waals surface area contributed by atoms with Crippen LogP contribution in [0.1, 0.15) is 22.5 Å². The van der Waals surface area contributed by atoms with Gasteiger partial charge in [-0.25, -0.2) is 13.4 Å². The van der Waals surface area contributed by atoms with E-state index in [0.717, 1.165) is 22.7 Å². The molecule has 2 aromatic carbocycles. The monoisotopic (exact) mass is 344 g/mol. The van der Waals surface area contributed by atoms with Crippen molar-refractivity contribution in [1.29, 1.82) is 0 Å².